The van der Waals surface area contributed by atoms with Gasteiger partial charge >= 0.3 is 0 Å². The molecule has 2 aromatic rings. The van der Waals surface area contributed by atoms with E-state index in [4.69, 9.17) is 17.2 Å². The van der Waals surface area contributed by atoms with E-state index >= 15 is 0 Å². The van der Waals surface area contributed by atoms with Gasteiger partial charge in [0.05, 0.1) is 5.69 Å². The summed E-state index contributed by atoms with van der Waals surface area (Å²) in [6, 6.07) is 7.77. The van der Waals surface area contributed by atoms with Gasteiger partial charge in [0, 0.05) is 18.4 Å². The molecule has 3 rings (SSSR count). The summed E-state index contributed by atoms with van der Waals surface area (Å²) in [5.74, 6) is -0.0627. The molecule has 0 saturated heterocycles. The zero-order chi connectivity index (χ0) is 15.7. The van der Waals surface area contributed by atoms with Crippen LogP contribution >= 0.6 is 0 Å². The fourth-order valence-electron chi connectivity index (χ4n) is 3.35. The number of carbonyl (C=O) groups is 1. The molecule has 6 N–H and O–H groups in total. The number of anilines is 1. The first-order valence-corrected chi connectivity index (χ1v) is 7.71. The van der Waals surface area contributed by atoms with Gasteiger partial charge in [-0.1, -0.05) is 25.0 Å². The van der Waals surface area contributed by atoms with Gasteiger partial charge in [0.1, 0.15) is 5.69 Å². The molecule has 22 heavy (non-hydrogen) atoms. The van der Waals surface area contributed by atoms with Gasteiger partial charge in [0.2, 0.25) is 0 Å². The van der Waals surface area contributed by atoms with Gasteiger partial charge in [-0.2, -0.15) is 0 Å². The summed E-state index contributed by atoms with van der Waals surface area (Å²) in [7, 11) is 0. The molecule has 1 fully saturated rings. The van der Waals surface area contributed by atoms with Crippen LogP contribution in [0.2, 0.25) is 0 Å². The molecule has 1 amide bonds. The van der Waals surface area contributed by atoms with Crippen molar-refractivity contribution in [3.8, 4) is 5.69 Å². The molecule has 116 valence electrons. The first-order valence-electron chi connectivity index (χ1n) is 7.71. The molecule has 0 bridgehead atoms. The van der Waals surface area contributed by atoms with E-state index < -0.39 is 5.91 Å². The van der Waals surface area contributed by atoms with Crippen LogP contribution in [0.1, 0.15) is 53.2 Å². The second-order valence-electron chi connectivity index (χ2n) is 5.93. The van der Waals surface area contributed by atoms with Gasteiger partial charge < -0.3 is 21.8 Å². The number of aromatic nitrogens is 1. The minimum atomic E-state index is -0.496. The third-order valence-corrected chi connectivity index (χ3v) is 4.55. The third kappa shape index (κ3) is 2.48. The number of nitrogen functional groups attached to an aromatic ring is 1. The van der Waals surface area contributed by atoms with Crippen LogP contribution in [0.4, 0.5) is 5.69 Å². The summed E-state index contributed by atoms with van der Waals surface area (Å²) < 4.78 is 1.81. The molecule has 1 heterocycles. The van der Waals surface area contributed by atoms with Crippen molar-refractivity contribution in [3.63, 3.8) is 0 Å². The Balaban J connectivity index is 2.08. The molecular weight excluding hydrogens is 276 g/mol. The van der Waals surface area contributed by atoms with Crippen LogP contribution in [0.15, 0.2) is 30.5 Å². The number of rotatable bonds is 4. The Morgan fingerprint density at radius 3 is 2.36 bits per heavy atom. The van der Waals surface area contributed by atoms with Crippen molar-refractivity contribution in [1.82, 2.24) is 4.57 Å². The zero-order valence-electron chi connectivity index (χ0n) is 12.6. The Hall–Kier alpha value is -2.27. The first-order chi connectivity index (χ1) is 10.6. The molecule has 0 spiro atoms. The lowest BCUT2D eigenvalue weighted by Crippen LogP contribution is -2.17. The summed E-state index contributed by atoms with van der Waals surface area (Å²) in [6.45, 7) is 0.490. The quantitative estimate of drug-likeness (QED) is 0.807. The number of hydrogen-bond donors (Lipinski definition) is 3. The minimum Gasteiger partial charge on any atom is -0.397 e. The number of carbonyl (C=O) groups excluding carboxylic acids is 1. The Morgan fingerprint density at radius 2 is 1.82 bits per heavy atom. The second kappa shape index (κ2) is 5.85. The molecule has 0 unspecified atom stereocenters. The number of nitrogens with zero attached hydrogens (tertiary/aromatic N) is 1. The molecule has 0 radical (unpaired) electrons. The van der Waals surface area contributed by atoms with Gasteiger partial charge in [-0.05, 0) is 42.0 Å². The Morgan fingerprint density at radius 1 is 1.18 bits per heavy atom. The highest BCUT2D eigenvalue weighted by Crippen LogP contribution is 2.39. The van der Waals surface area contributed by atoms with E-state index in [1.54, 1.807) is 0 Å². The average molecular weight is 298 g/mol. The summed E-state index contributed by atoms with van der Waals surface area (Å²) in [5, 5.41) is 0. The Kier molecular flexibility index (Phi) is 3.90. The van der Waals surface area contributed by atoms with E-state index in [0.29, 0.717) is 23.8 Å². The Labute approximate surface area is 130 Å². The maximum absolute atomic E-state index is 11.9. The molecule has 1 aromatic carbocycles. The first kappa shape index (κ1) is 14.7. The highest BCUT2D eigenvalue weighted by Gasteiger charge is 2.26. The SMILES string of the molecule is NCc1ccc(-n2cc(C3CCCC3)c(N)c2C(N)=O)cc1. The standard InChI is InChI=1S/C17H22N4O/c18-9-11-5-7-13(8-6-11)21-10-14(12-3-1-2-4-12)15(19)16(21)17(20)22/h5-8,10,12H,1-4,9,18-19H2,(H2,20,22). The molecule has 5 nitrogen and oxygen atoms in total. The molecule has 5 heteroatoms. The summed E-state index contributed by atoms with van der Waals surface area (Å²) in [4.78, 5) is 11.9. The average Bonchev–Trinajstić information content (AvgIpc) is 3.14. The van der Waals surface area contributed by atoms with Crippen molar-refractivity contribution in [2.45, 2.75) is 38.1 Å². The lowest BCUT2D eigenvalue weighted by atomic mass is 9.99. The normalized spacial score (nSPS) is 15.3. The zero-order valence-corrected chi connectivity index (χ0v) is 12.6. The van der Waals surface area contributed by atoms with Crippen LogP contribution in [0.3, 0.4) is 0 Å². The highest BCUT2D eigenvalue weighted by atomic mass is 16.1. The van der Waals surface area contributed by atoms with Crippen molar-refractivity contribution in [2.75, 3.05) is 5.73 Å². The number of amides is 1. The summed E-state index contributed by atoms with van der Waals surface area (Å²) >= 11 is 0. The van der Waals surface area contributed by atoms with Crippen molar-refractivity contribution in [2.24, 2.45) is 11.5 Å². The van der Waals surface area contributed by atoms with Crippen LogP contribution in [-0.2, 0) is 6.54 Å². The van der Waals surface area contributed by atoms with Crippen LogP contribution < -0.4 is 17.2 Å². The minimum absolute atomic E-state index is 0.377. The number of nitrogens with two attached hydrogens (primary N) is 3. The fraction of sp³-hybridized carbons (Fsp3) is 0.353. The van der Waals surface area contributed by atoms with Crippen molar-refractivity contribution in [1.29, 1.82) is 0 Å². The van der Waals surface area contributed by atoms with Gasteiger partial charge in [0.25, 0.3) is 5.91 Å². The van der Waals surface area contributed by atoms with E-state index in [0.717, 1.165) is 29.7 Å². The summed E-state index contributed by atoms with van der Waals surface area (Å²) in [6.07, 6.45) is 6.65. The smallest absolute Gasteiger partial charge is 0.267 e. The van der Waals surface area contributed by atoms with E-state index in [-0.39, 0.29) is 0 Å². The van der Waals surface area contributed by atoms with Gasteiger partial charge in [-0.25, -0.2) is 0 Å². The topological polar surface area (TPSA) is 100 Å². The number of hydrogen-bond acceptors (Lipinski definition) is 3. The van der Waals surface area contributed by atoms with Gasteiger partial charge in [0.15, 0.2) is 0 Å². The van der Waals surface area contributed by atoms with Crippen LogP contribution in [-0.4, -0.2) is 10.5 Å². The largest absolute Gasteiger partial charge is 0.397 e. The molecule has 1 aromatic heterocycles. The van der Waals surface area contributed by atoms with Crippen LogP contribution in [0, 0.1) is 0 Å². The molecule has 0 aliphatic heterocycles. The monoisotopic (exact) mass is 298 g/mol. The van der Waals surface area contributed by atoms with E-state index in [2.05, 4.69) is 0 Å². The molecule has 0 atom stereocenters. The maximum atomic E-state index is 11.9. The molecule has 1 saturated carbocycles. The van der Waals surface area contributed by atoms with Crippen molar-refractivity contribution in [3.05, 3.63) is 47.3 Å². The lowest BCUT2D eigenvalue weighted by molar-refractivity contribution is 0.0995. The van der Waals surface area contributed by atoms with E-state index in [1.165, 1.54) is 12.8 Å². The van der Waals surface area contributed by atoms with Gasteiger partial charge in [-0.3, -0.25) is 4.79 Å². The molecule has 1 aliphatic rings. The summed E-state index contributed by atoms with van der Waals surface area (Å²) in [5.41, 5.74) is 21.3. The predicted octanol–water partition coefficient (Wildman–Crippen LogP) is 2.27. The number of primary amides is 1. The Bertz CT molecular complexity index is 681. The predicted molar refractivity (Wildman–Crippen MR) is 87.8 cm³/mol. The fourth-order valence-corrected chi connectivity index (χ4v) is 3.35. The second-order valence-corrected chi connectivity index (χ2v) is 5.93. The maximum Gasteiger partial charge on any atom is 0.267 e. The van der Waals surface area contributed by atoms with Crippen LogP contribution in [0.25, 0.3) is 5.69 Å². The van der Waals surface area contributed by atoms with Crippen LogP contribution in [0.5, 0.6) is 0 Å². The molecule has 1 aliphatic carbocycles. The van der Waals surface area contributed by atoms with Crippen molar-refractivity contribution < 1.29 is 4.79 Å². The van der Waals surface area contributed by atoms with Gasteiger partial charge in [-0.15, -0.1) is 0 Å². The third-order valence-electron chi connectivity index (χ3n) is 4.55. The van der Waals surface area contributed by atoms with E-state index in [9.17, 15) is 4.79 Å². The van der Waals surface area contributed by atoms with E-state index in [1.807, 2.05) is 35.0 Å². The van der Waals surface area contributed by atoms with Crippen molar-refractivity contribution >= 4 is 11.6 Å². The number of benzene rings is 1. The molecular formula is C17H22N4O. The highest BCUT2D eigenvalue weighted by molar-refractivity contribution is 5.98. The lowest BCUT2D eigenvalue weighted by Gasteiger charge is -2.08.